The van der Waals surface area contributed by atoms with Gasteiger partial charge in [-0.05, 0) is 18.6 Å². The summed E-state index contributed by atoms with van der Waals surface area (Å²) < 4.78 is 0. The van der Waals surface area contributed by atoms with E-state index >= 15 is 0 Å². The maximum atomic E-state index is 11.6. The lowest BCUT2D eigenvalue weighted by atomic mass is 10.1. The highest BCUT2D eigenvalue weighted by molar-refractivity contribution is 7.80. The molecule has 0 aliphatic carbocycles. The van der Waals surface area contributed by atoms with Crippen molar-refractivity contribution in [3.8, 4) is 0 Å². The van der Waals surface area contributed by atoms with Crippen molar-refractivity contribution in [2.24, 2.45) is 0 Å². The van der Waals surface area contributed by atoms with Gasteiger partial charge in [0.2, 0.25) is 5.91 Å². The number of carboxylic acids is 1. The van der Waals surface area contributed by atoms with Gasteiger partial charge in [0, 0.05) is 6.42 Å². The van der Waals surface area contributed by atoms with E-state index in [2.05, 4.69) is 24.9 Å². The number of hydrogen-bond acceptors (Lipinski definition) is 3. The molecular weight excluding hydrogens is 262 g/mol. The molecule has 19 heavy (non-hydrogen) atoms. The Hall–Kier alpha value is -0.710. The summed E-state index contributed by atoms with van der Waals surface area (Å²) in [5.74, 6) is -0.695. The van der Waals surface area contributed by atoms with Gasteiger partial charge in [0.1, 0.15) is 6.04 Å². The molecule has 0 saturated heterocycles. The van der Waals surface area contributed by atoms with Crippen LogP contribution in [0.4, 0.5) is 0 Å². The Labute approximate surface area is 121 Å². The molecule has 0 aromatic rings. The molecule has 2 N–H and O–H groups in total. The summed E-state index contributed by atoms with van der Waals surface area (Å²) in [6.45, 7) is 2.19. The second-order valence-corrected chi connectivity index (χ2v) is 5.29. The van der Waals surface area contributed by atoms with Crippen LogP contribution in [-0.2, 0) is 9.59 Å². The van der Waals surface area contributed by atoms with Gasteiger partial charge in [-0.25, -0.2) is 4.79 Å². The van der Waals surface area contributed by atoms with E-state index < -0.39 is 12.0 Å². The first-order valence-corrected chi connectivity index (χ1v) is 7.88. The molecule has 5 heteroatoms. The third-order valence-corrected chi connectivity index (χ3v) is 3.32. The number of carboxylic acid groups (broad SMARTS) is 1. The van der Waals surface area contributed by atoms with E-state index in [0.29, 0.717) is 18.6 Å². The van der Waals surface area contributed by atoms with Gasteiger partial charge in [-0.2, -0.15) is 12.6 Å². The molecule has 0 radical (unpaired) electrons. The smallest absolute Gasteiger partial charge is 0.326 e. The van der Waals surface area contributed by atoms with Crippen LogP contribution >= 0.6 is 12.6 Å². The first kappa shape index (κ1) is 18.3. The molecular formula is C14H27NO3S. The van der Waals surface area contributed by atoms with Gasteiger partial charge in [-0.3, -0.25) is 4.79 Å². The number of amides is 1. The maximum absolute atomic E-state index is 11.6. The summed E-state index contributed by atoms with van der Waals surface area (Å²) >= 11 is 3.99. The molecule has 0 heterocycles. The minimum absolute atomic E-state index is 0.164. The monoisotopic (exact) mass is 289 g/mol. The van der Waals surface area contributed by atoms with Gasteiger partial charge in [0.25, 0.3) is 0 Å². The van der Waals surface area contributed by atoms with Gasteiger partial charge in [0.05, 0.1) is 0 Å². The lowest BCUT2D eigenvalue weighted by Crippen LogP contribution is -2.40. The summed E-state index contributed by atoms with van der Waals surface area (Å²) in [6.07, 6.45) is 8.84. The van der Waals surface area contributed by atoms with E-state index in [-0.39, 0.29) is 5.91 Å². The first-order chi connectivity index (χ1) is 9.11. The van der Waals surface area contributed by atoms with Gasteiger partial charge in [-0.15, -0.1) is 0 Å². The molecule has 0 bridgehead atoms. The first-order valence-electron chi connectivity index (χ1n) is 7.24. The lowest BCUT2D eigenvalue weighted by Gasteiger charge is -2.13. The Kier molecular flexibility index (Phi) is 11.9. The third-order valence-electron chi connectivity index (χ3n) is 3.06. The summed E-state index contributed by atoms with van der Waals surface area (Å²) in [5, 5.41) is 11.4. The maximum Gasteiger partial charge on any atom is 0.326 e. The van der Waals surface area contributed by atoms with Crippen LogP contribution in [0.2, 0.25) is 0 Å². The van der Waals surface area contributed by atoms with Crippen molar-refractivity contribution in [2.75, 3.05) is 5.75 Å². The zero-order valence-electron chi connectivity index (χ0n) is 11.9. The second-order valence-electron chi connectivity index (χ2n) is 4.84. The standard InChI is InChI=1S/C14H27NO3S/c1-2-3-4-5-6-7-8-9-13(16)15-12(10-11-19)14(17)18/h12,19H,2-11H2,1H3,(H,15,16)(H,17,18). The van der Waals surface area contributed by atoms with E-state index in [1.807, 2.05) is 0 Å². The fraction of sp³-hybridized carbons (Fsp3) is 0.857. The third kappa shape index (κ3) is 10.9. The molecule has 0 aliphatic heterocycles. The topological polar surface area (TPSA) is 66.4 Å². The van der Waals surface area contributed by atoms with E-state index in [9.17, 15) is 9.59 Å². The fourth-order valence-electron chi connectivity index (χ4n) is 1.90. The Morgan fingerprint density at radius 3 is 2.21 bits per heavy atom. The van der Waals surface area contributed by atoms with Crippen molar-refractivity contribution in [3.05, 3.63) is 0 Å². The molecule has 112 valence electrons. The van der Waals surface area contributed by atoms with Crippen molar-refractivity contribution in [1.29, 1.82) is 0 Å². The summed E-state index contributed by atoms with van der Waals surface area (Å²) in [7, 11) is 0. The van der Waals surface area contributed by atoms with E-state index in [1.54, 1.807) is 0 Å². The number of thiol groups is 1. The lowest BCUT2D eigenvalue weighted by molar-refractivity contribution is -0.141. The average molecular weight is 289 g/mol. The molecule has 0 aliphatic rings. The van der Waals surface area contributed by atoms with Crippen LogP contribution in [-0.4, -0.2) is 28.8 Å². The predicted octanol–water partition coefficient (Wildman–Crippen LogP) is 3.02. The fourth-order valence-corrected chi connectivity index (χ4v) is 2.15. The van der Waals surface area contributed by atoms with Crippen molar-refractivity contribution in [1.82, 2.24) is 5.32 Å². The quantitative estimate of drug-likeness (QED) is 0.382. The zero-order chi connectivity index (χ0) is 14.5. The summed E-state index contributed by atoms with van der Waals surface area (Å²) in [4.78, 5) is 22.4. The van der Waals surface area contributed by atoms with Gasteiger partial charge < -0.3 is 10.4 Å². The number of hydrogen-bond donors (Lipinski definition) is 3. The van der Waals surface area contributed by atoms with Gasteiger partial charge in [-0.1, -0.05) is 45.4 Å². The highest BCUT2D eigenvalue weighted by Crippen LogP contribution is 2.08. The minimum atomic E-state index is -0.984. The number of rotatable bonds is 12. The highest BCUT2D eigenvalue weighted by Gasteiger charge is 2.18. The number of carbonyl (C=O) groups is 2. The highest BCUT2D eigenvalue weighted by atomic mass is 32.1. The number of unbranched alkanes of at least 4 members (excludes halogenated alkanes) is 6. The Morgan fingerprint density at radius 2 is 1.68 bits per heavy atom. The molecule has 0 aromatic heterocycles. The normalized spacial score (nSPS) is 12.1. The summed E-state index contributed by atoms with van der Waals surface area (Å²) in [5.41, 5.74) is 0. The van der Waals surface area contributed by atoms with Crippen LogP contribution in [0.3, 0.4) is 0 Å². The van der Waals surface area contributed by atoms with Gasteiger partial charge in [0.15, 0.2) is 0 Å². The molecule has 1 unspecified atom stereocenters. The molecule has 1 atom stereocenters. The molecule has 0 aromatic carbocycles. The number of aliphatic carboxylic acids is 1. The van der Waals surface area contributed by atoms with Crippen LogP contribution < -0.4 is 5.32 Å². The van der Waals surface area contributed by atoms with Crippen LogP contribution in [0.1, 0.15) is 64.7 Å². The Morgan fingerprint density at radius 1 is 1.11 bits per heavy atom. The van der Waals surface area contributed by atoms with Crippen LogP contribution in [0.15, 0.2) is 0 Å². The van der Waals surface area contributed by atoms with Crippen molar-refractivity contribution in [2.45, 2.75) is 70.8 Å². The van der Waals surface area contributed by atoms with Crippen LogP contribution in [0.25, 0.3) is 0 Å². The van der Waals surface area contributed by atoms with Crippen molar-refractivity contribution in [3.63, 3.8) is 0 Å². The molecule has 0 saturated carbocycles. The summed E-state index contributed by atoms with van der Waals surface area (Å²) in [6, 6.07) is -0.797. The largest absolute Gasteiger partial charge is 0.480 e. The molecule has 0 fully saturated rings. The average Bonchev–Trinajstić information content (AvgIpc) is 2.37. The minimum Gasteiger partial charge on any atom is -0.480 e. The van der Waals surface area contributed by atoms with Crippen LogP contribution in [0.5, 0.6) is 0 Å². The SMILES string of the molecule is CCCCCCCCCC(=O)NC(CCS)C(=O)O. The van der Waals surface area contributed by atoms with Crippen molar-refractivity contribution < 1.29 is 14.7 Å². The number of carbonyl (C=O) groups excluding carboxylic acids is 1. The molecule has 0 spiro atoms. The second kappa shape index (κ2) is 12.3. The van der Waals surface area contributed by atoms with Crippen LogP contribution in [0, 0.1) is 0 Å². The van der Waals surface area contributed by atoms with E-state index in [1.165, 1.54) is 25.7 Å². The Bertz CT molecular complexity index is 259. The predicted molar refractivity (Wildman–Crippen MR) is 80.6 cm³/mol. The Balaban J connectivity index is 3.60. The van der Waals surface area contributed by atoms with Crippen molar-refractivity contribution >= 4 is 24.5 Å². The molecule has 0 rings (SSSR count). The van der Waals surface area contributed by atoms with Gasteiger partial charge >= 0.3 is 5.97 Å². The molecule has 1 amide bonds. The zero-order valence-corrected chi connectivity index (χ0v) is 12.8. The number of nitrogens with one attached hydrogen (secondary N) is 1. The van der Waals surface area contributed by atoms with E-state index in [0.717, 1.165) is 19.3 Å². The molecule has 4 nitrogen and oxygen atoms in total. The van der Waals surface area contributed by atoms with E-state index in [4.69, 9.17) is 5.11 Å².